The Morgan fingerprint density at radius 3 is 2.09 bits per heavy atom. The molecule has 0 saturated heterocycles. The second kappa shape index (κ2) is 7.55. The Balaban J connectivity index is 1.48. The van der Waals surface area contributed by atoms with E-state index in [0.29, 0.717) is 0 Å². The van der Waals surface area contributed by atoms with Gasteiger partial charge in [0.1, 0.15) is 0 Å². The number of hydrazone groups is 1. The number of amides is 2. The molecule has 0 unspecified atom stereocenters. The fourth-order valence-electron chi connectivity index (χ4n) is 3.85. The van der Waals surface area contributed by atoms with Crippen molar-refractivity contribution in [1.29, 1.82) is 0 Å². The molecule has 0 radical (unpaired) electrons. The maximum absolute atomic E-state index is 13.0. The molecule has 2 amide bonds. The molecule has 0 spiro atoms. The molecular weight excluding hydrogens is 406 g/mol. The van der Waals surface area contributed by atoms with E-state index in [4.69, 9.17) is 0 Å². The van der Waals surface area contributed by atoms with Gasteiger partial charge in [-0.2, -0.15) is 10.1 Å². The monoisotopic (exact) mass is 421 g/mol. The van der Waals surface area contributed by atoms with Crippen molar-refractivity contribution in [1.82, 2.24) is 5.01 Å². The lowest BCUT2D eigenvalue weighted by Crippen LogP contribution is -2.36. The van der Waals surface area contributed by atoms with Crippen LogP contribution in [0.5, 0.6) is 0 Å². The zero-order chi connectivity index (χ0) is 22.2. The van der Waals surface area contributed by atoms with Gasteiger partial charge in [0.15, 0.2) is 0 Å². The van der Waals surface area contributed by atoms with Crippen LogP contribution < -0.4 is 0 Å². The Bertz CT molecular complexity index is 1410. The van der Waals surface area contributed by atoms with E-state index in [9.17, 15) is 19.7 Å². The number of rotatable bonds is 4. The summed E-state index contributed by atoms with van der Waals surface area (Å²) in [7, 11) is 0. The van der Waals surface area contributed by atoms with Crippen LogP contribution in [0.25, 0.3) is 21.9 Å². The van der Waals surface area contributed by atoms with Gasteiger partial charge in [0.05, 0.1) is 27.7 Å². The fraction of sp³-hybridized carbons (Fsp3) is 0. The largest absolute Gasteiger partial charge is 0.282 e. The van der Waals surface area contributed by atoms with Crippen LogP contribution in [0.2, 0.25) is 0 Å². The van der Waals surface area contributed by atoms with Gasteiger partial charge in [0.2, 0.25) is 0 Å². The van der Waals surface area contributed by atoms with Crippen molar-refractivity contribution in [3.63, 3.8) is 0 Å². The van der Waals surface area contributed by atoms with Gasteiger partial charge in [0, 0.05) is 11.5 Å². The van der Waals surface area contributed by atoms with E-state index in [2.05, 4.69) is 5.10 Å². The highest BCUT2D eigenvalue weighted by atomic mass is 16.6. The van der Waals surface area contributed by atoms with Crippen LogP contribution in [0.3, 0.4) is 0 Å². The first kappa shape index (κ1) is 19.3. The minimum atomic E-state index is -0.620. The van der Waals surface area contributed by atoms with Crippen LogP contribution in [0.4, 0.5) is 5.69 Å². The van der Waals surface area contributed by atoms with Gasteiger partial charge < -0.3 is 0 Å². The summed E-state index contributed by atoms with van der Waals surface area (Å²) >= 11 is 0. The van der Waals surface area contributed by atoms with Crippen molar-refractivity contribution in [3.05, 3.63) is 112 Å². The van der Waals surface area contributed by atoms with Gasteiger partial charge in [-0.15, -0.1) is 0 Å². The number of hydrogen-bond acceptors (Lipinski definition) is 5. The number of nitro benzene ring substituents is 1. The third-order valence-corrected chi connectivity index (χ3v) is 5.40. The molecule has 0 atom stereocenters. The molecule has 32 heavy (non-hydrogen) atoms. The zero-order valence-electron chi connectivity index (χ0n) is 16.6. The lowest BCUT2D eigenvalue weighted by molar-refractivity contribution is -0.383. The number of benzene rings is 4. The van der Waals surface area contributed by atoms with Gasteiger partial charge in [-0.1, -0.05) is 60.7 Å². The number of carbonyl (C=O) groups excluding carboxylic acids is 2. The second-order valence-electron chi connectivity index (χ2n) is 7.27. The summed E-state index contributed by atoms with van der Waals surface area (Å²) in [4.78, 5) is 36.8. The fourth-order valence-corrected chi connectivity index (χ4v) is 3.85. The molecule has 1 aliphatic heterocycles. The number of nitrogens with zero attached hydrogens (tertiary/aromatic N) is 3. The lowest BCUT2D eigenvalue weighted by atomic mass is 9.94. The maximum atomic E-state index is 13.0. The molecule has 0 bridgehead atoms. The van der Waals surface area contributed by atoms with E-state index in [-0.39, 0.29) is 27.6 Å². The quantitative estimate of drug-likeness (QED) is 0.200. The summed E-state index contributed by atoms with van der Waals surface area (Å²) in [6.45, 7) is 0. The maximum Gasteiger partial charge on any atom is 0.282 e. The van der Waals surface area contributed by atoms with Crippen LogP contribution in [0.15, 0.2) is 90.0 Å². The van der Waals surface area contributed by atoms with Gasteiger partial charge >= 0.3 is 0 Å². The Labute approximate surface area is 182 Å². The van der Waals surface area contributed by atoms with E-state index in [1.54, 1.807) is 12.1 Å². The predicted molar refractivity (Wildman–Crippen MR) is 121 cm³/mol. The first-order valence-corrected chi connectivity index (χ1v) is 9.83. The number of nitro groups is 1. The Morgan fingerprint density at radius 2 is 1.41 bits per heavy atom. The van der Waals surface area contributed by atoms with Crippen LogP contribution in [-0.2, 0) is 0 Å². The Hall–Kier alpha value is -4.65. The first-order valence-electron chi connectivity index (χ1n) is 9.83. The van der Waals surface area contributed by atoms with E-state index in [1.807, 2.05) is 54.6 Å². The summed E-state index contributed by atoms with van der Waals surface area (Å²) in [5.74, 6) is -1.24. The highest BCUT2D eigenvalue weighted by molar-refractivity contribution is 6.26. The van der Waals surface area contributed by atoms with Crippen LogP contribution in [-0.4, -0.2) is 28.0 Å². The summed E-state index contributed by atoms with van der Waals surface area (Å²) in [5.41, 5.74) is 3.10. The molecule has 0 aliphatic carbocycles. The molecule has 1 heterocycles. The number of non-ortho nitro benzene ring substituents is 1. The van der Waals surface area contributed by atoms with Crippen molar-refractivity contribution in [3.8, 4) is 11.1 Å². The zero-order valence-corrected chi connectivity index (χ0v) is 16.6. The highest BCUT2D eigenvalue weighted by Gasteiger charge is 2.34. The van der Waals surface area contributed by atoms with Gasteiger partial charge in [-0.05, 0) is 34.9 Å². The molecule has 5 rings (SSSR count). The van der Waals surface area contributed by atoms with Crippen LogP contribution in [0, 0.1) is 10.1 Å². The van der Waals surface area contributed by atoms with Gasteiger partial charge in [-0.3, -0.25) is 19.7 Å². The summed E-state index contributed by atoms with van der Waals surface area (Å²) in [6, 6.07) is 24.8. The van der Waals surface area contributed by atoms with Crippen molar-refractivity contribution >= 4 is 34.5 Å². The normalized spacial score (nSPS) is 13.2. The van der Waals surface area contributed by atoms with E-state index < -0.39 is 16.7 Å². The summed E-state index contributed by atoms with van der Waals surface area (Å²) in [6.07, 6.45) is 1.45. The first-order chi connectivity index (χ1) is 15.5. The Kier molecular flexibility index (Phi) is 4.56. The van der Waals surface area contributed by atoms with Crippen molar-refractivity contribution < 1.29 is 14.5 Å². The SMILES string of the molecule is O=C1c2cccc3c([N+](=O)[O-])ccc(c23)C(=O)N1N=Cc1ccc(-c2ccccc2)cc1. The van der Waals surface area contributed by atoms with Crippen molar-refractivity contribution in [2.75, 3.05) is 0 Å². The lowest BCUT2D eigenvalue weighted by Gasteiger charge is -2.22. The van der Waals surface area contributed by atoms with E-state index in [1.165, 1.54) is 24.4 Å². The molecular formula is C25H15N3O4. The van der Waals surface area contributed by atoms with Gasteiger partial charge in [0.25, 0.3) is 17.5 Å². The van der Waals surface area contributed by atoms with Gasteiger partial charge in [-0.25, -0.2) is 0 Å². The smallest absolute Gasteiger partial charge is 0.267 e. The number of imide groups is 1. The summed E-state index contributed by atoms with van der Waals surface area (Å²) in [5, 5.41) is 16.8. The van der Waals surface area contributed by atoms with Crippen LogP contribution >= 0.6 is 0 Å². The third kappa shape index (κ3) is 3.13. The molecule has 154 valence electrons. The molecule has 4 aromatic rings. The van der Waals surface area contributed by atoms with Crippen molar-refractivity contribution in [2.45, 2.75) is 0 Å². The molecule has 0 fully saturated rings. The molecule has 7 nitrogen and oxygen atoms in total. The molecule has 0 N–H and O–H groups in total. The summed E-state index contributed by atoms with van der Waals surface area (Å²) < 4.78 is 0. The molecule has 4 aromatic carbocycles. The minimum absolute atomic E-state index is 0.151. The topological polar surface area (TPSA) is 92.9 Å². The molecule has 0 aromatic heterocycles. The Morgan fingerprint density at radius 1 is 0.750 bits per heavy atom. The minimum Gasteiger partial charge on any atom is -0.267 e. The number of carbonyl (C=O) groups is 2. The predicted octanol–water partition coefficient (Wildman–Crippen LogP) is 5.05. The average Bonchev–Trinajstić information content (AvgIpc) is 2.83. The van der Waals surface area contributed by atoms with E-state index in [0.717, 1.165) is 21.7 Å². The van der Waals surface area contributed by atoms with E-state index >= 15 is 0 Å². The van der Waals surface area contributed by atoms with Crippen LogP contribution in [0.1, 0.15) is 26.3 Å². The van der Waals surface area contributed by atoms with Crippen molar-refractivity contribution in [2.24, 2.45) is 5.10 Å². The molecule has 7 heteroatoms. The third-order valence-electron chi connectivity index (χ3n) is 5.40. The number of hydrogen-bond donors (Lipinski definition) is 0. The average molecular weight is 421 g/mol. The second-order valence-corrected chi connectivity index (χ2v) is 7.27. The molecule has 0 saturated carbocycles. The molecule has 1 aliphatic rings. The standard InChI is InChI=1S/C25H15N3O4/c29-24-20-8-4-7-19-22(28(31)32)14-13-21(23(19)20)25(30)27(24)26-15-16-9-11-18(12-10-16)17-5-2-1-3-6-17/h1-15H. The highest BCUT2D eigenvalue weighted by Crippen LogP contribution is 2.35.